The Hall–Kier alpha value is -6.70. The normalized spacial score (nSPS) is 11.5. The molecule has 0 aliphatic heterocycles. The van der Waals surface area contributed by atoms with Gasteiger partial charge in [-0.15, -0.1) is 0 Å². The third-order valence-electron chi connectivity index (χ3n) is 10.4. The summed E-state index contributed by atoms with van der Waals surface area (Å²) in [6, 6.07) is 73.0. The first kappa shape index (κ1) is 29.2. The fourth-order valence-corrected chi connectivity index (χ4v) is 8.00. The second-order valence-electron chi connectivity index (χ2n) is 13.3. The Morgan fingerprint density at radius 1 is 0.275 bits per heavy atom. The number of para-hydroxylation sites is 1. The van der Waals surface area contributed by atoms with Gasteiger partial charge in [0.2, 0.25) is 0 Å². The third kappa shape index (κ3) is 4.94. The molecule has 10 aromatic rings. The Balaban J connectivity index is 1.17. The molecule has 0 heterocycles. The summed E-state index contributed by atoms with van der Waals surface area (Å²) in [5.74, 6) is 0. The highest BCUT2D eigenvalue weighted by Gasteiger charge is 2.19. The highest BCUT2D eigenvalue weighted by molar-refractivity contribution is 6.24. The lowest BCUT2D eigenvalue weighted by Gasteiger charge is -2.28. The number of hydrogen-bond donors (Lipinski definition) is 0. The molecule has 1 heteroatoms. The lowest BCUT2D eigenvalue weighted by Crippen LogP contribution is -2.11. The molecule has 0 radical (unpaired) electrons. The van der Waals surface area contributed by atoms with E-state index in [9.17, 15) is 0 Å². The van der Waals surface area contributed by atoms with Crippen molar-refractivity contribution in [2.24, 2.45) is 0 Å². The Bertz CT molecular complexity index is 2890. The monoisotopic (exact) mass is 647 g/mol. The number of benzene rings is 10. The summed E-state index contributed by atoms with van der Waals surface area (Å²) in [7, 11) is 0. The van der Waals surface area contributed by atoms with Crippen LogP contribution in [0, 0.1) is 0 Å². The lowest BCUT2D eigenvalue weighted by atomic mass is 9.90. The van der Waals surface area contributed by atoms with Gasteiger partial charge in [-0.3, -0.25) is 0 Å². The standard InChI is InChI=1S/C50H33N/c1-2-12-34(13-3-1)44-18-10-11-21-49(44)51(41-29-31-43-39(32-41)23-22-35-14-4-7-17-42(35)43)40-27-24-37(25-28-40)48-33-38-16-6-9-20-46(38)50-45-19-8-5-15-36(45)26-30-47(48)50/h1-33H. The lowest BCUT2D eigenvalue weighted by molar-refractivity contribution is 1.29. The van der Waals surface area contributed by atoms with Crippen molar-refractivity contribution in [1.29, 1.82) is 0 Å². The maximum Gasteiger partial charge on any atom is 0.0540 e. The molecular formula is C50H33N. The molecule has 10 rings (SSSR count). The Kier molecular flexibility index (Phi) is 6.89. The fraction of sp³-hybridized carbons (Fsp3) is 0. The molecule has 0 atom stereocenters. The number of fused-ring (bicyclic) bond motifs is 8. The van der Waals surface area contributed by atoms with Gasteiger partial charge in [-0.2, -0.15) is 0 Å². The van der Waals surface area contributed by atoms with Crippen LogP contribution in [0.2, 0.25) is 0 Å². The van der Waals surface area contributed by atoms with Gasteiger partial charge >= 0.3 is 0 Å². The zero-order chi connectivity index (χ0) is 33.7. The van der Waals surface area contributed by atoms with E-state index in [1.54, 1.807) is 0 Å². The summed E-state index contributed by atoms with van der Waals surface area (Å²) >= 11 is 0. The molecule has 0 unspecified atom stereocenters. The minimum absolute atomic E-state index is 1.11. The number of rotatable bonds is 5. The highest BCUT2D eigenvalue weighted by Crippen LogP contribution is 2.44. The maximum atomic E-state index is 2.41. The summed E-state index contributed by atoms with van der Waals surface area (Å²) in [6.45, 7) is 0. The SMILES string of the molecule is c1ccc(-c2ccccc2N(c2ccc(-c3cc4ccccc4c4c3ccc3ccccc34)cc2)c2ccc3c(ccc4ccccc43)c2)cc1. The summed E-state index contributed by atoms with van der Waals surface area (Å²) in [5, 5.41) is 12.7. The molecule has 0 spiro atoms. The van der Waals surface area contributed by atoms with Crippen LogP contribution >= 0.6 is 0 Å². The summed E-state index contributed by atoms with van der Waals surface area (Å²) in [4.78, 5) is 2.41. The highest BCUT2D eigenvalue weighted by atomic mass is 15.1. The first-order chi connectivity index (χ1) is 25.3. The van der Waals surface area contributed by atoms with E-state index < -0.39 is 0 Å². The number of nitrogens with zero attached hydrogens (tertiary/aromatic N) is 1. The van der Waals surface area contributed by atoms with Crippen molar-refractivity contribution in [1.82, 2.24) is 0 Å². The third-order valence-corrected chi connectivity index (χ3v) is 10.4. The molecule has 238 valence electrons. The van der Waals surface area contributed by atoms with Crippen molar-refractivity contribution in [2.45, 2.75) is 0 Å². The van der Waals surface area contributed by atoms with Gasteiger partial charge in [0.15, 0.2) is 0 Å². The molecule has 0 bridgehead atoms. The minimum atomic E-state index is 1.11. The predicted octanol–water partition coefficient (Wildman–Crippen LogP) is 14.3. The largest absolute Gasteiger partial charge is 0.310 e. The van der Waals surface area contributed by atoms with Crippen LogP contribution in [0.4, 0.5) is 17.1 Å². The average Bonchev–Trinajstić information content (AvgIpc) is 3.21. The molecule has 0 saturated carbocycles. The predicted molar refractivity (Wildman–Crippen MR) is 220 cm³/mol. The van der Waals surface area contributed by atoms with Gasteiger partial charge in [0, 0.05) is 16.9 Å². The Morgan fingerprint density at radius 2 is 0.784 bits per heavy atom. The minimum Gasteiger partial charge on any atom is -0.310 e. The van der Waals surface area contributed by atoms with Gasteiger partial charge in [0.25, 0.3) is 0 Å². The maximum absolute atomic E-state index is 2.41. The van der Waals surface area contributed by atoms with Gasteiger partial charge in [-0.05, 0) is 107 Å². The molecule has 0 aromatic heterocycles. The topological polar surface area (TPSA) is 3.24 Å². The van der Waals surface area contributed by atoms with Crippen LogP contribution in [0.25, 0.3) is 76.1 Å². The van der Waals surface area contributed by atoms with Crippen LogP contribution in [0.3, 0.4) is 0 Å². The zero-order valence-electron chi connectivity index (χ0n) is 28.0. The first-order valence-electron chi connectivity index (χ1n) is 17.6. The van der Waals surface area contributed by atoms with Crippen molar-refractivity contribution in [2.75, 3.05) is 4.90 Å². The summed E-state index contributed by atoms with van der Waals surface area (Å²) < 4.78 is 0. The molecule has 0 aliphatic rings. The molecule has 10 aromatic carbocycles. The van der Waals surface area contributed by atoms with E-state index in [4.69, 9.17) is 0 Å². The molecule has 0 aliphatic carbocycles. The van der Waals surface area contributed by atoms with E-state index in [0.29, 0.717) is 0 Å². The van der Waals surface area contributed by atoms with E-state index in [0.717, 1.165) is 17.1 Å². The van der Waals surface area contributed by atoms with Gasteiger partial charge < -0.3 is 4.90 Å². The second-order valence-corrected chi connectivity index (χ2v) is 13.3. The molecule has 1 nitrogen and oxygen atoms in total. The molecule has 0 fully saturated rings. The average molecular weight is 648 g/mol. The molecule has 0 N–H and O–H groups in total. The van der Waals surface area contributed by atoms with Crippen molar-refractivity contribution in [3.63, 3.8) is 0 Å². The van der Waals surface area contributed by atoms with Crippen LogP contribution < -0.4 is 4.90 Å². The van der Waals surface area contributed by atoms with Crippen LogP contribution in [-0.2, 0) is 0 Å². The van der Waals surface area contributed by atoms with Gasteiger partial charge in [-0.1, -0.05) is 164 Å². The molecule has 0 amide bonds. The number of anilines is 3. The van der Waals surface area contributed by atoms with Crippen molar-refractivity contribution < 1.29 is 0 Å². The number of hydrogen-bond acceptors (Lipinski definition) is 1. The van der Waals surface area contributed by atoms with Crippen LogP contribution in [0.5, 0.6) is 0 Å². The zero-order valence-corrected chi connectivity index (χ0v) is 28.0. The van der Waals surface area contributed by atoms with Crippen molar-refractivity contribution in [3.8, 4) is 22.3 Å². The smallest absolute Gasteiger partial charge is 0.0540 e. The van der Waals surface area contributed by atoms with Crippen molar-refractivity contribution >= 4 is 70.9 Å². The van der Waals surface area contributed by atoms with Crippen LogP contribution in [-0.4, -0.2) is 0 Å². The van der Waals surface area contributed by atoms with E-state index in [-0.39, 0.29) is 0 Å². The van der Waals surface area contributed by atoms with Crippen molar-refractivity contribution in [3.05, 3.63) is 200 Å². The molecular weight excluding hydrogens is 615 g/mol. The van der Waals surface area contributed by atoms with E-state index in [1.807, 2.05) is 0 Å². The van der Waals surface area contributed by atoms with Crippen LogP contribution in [0.1, 0.15) is 0 Å². The Labute approximate surface area is 297 Å². The van der Waals surface area contributed by atoms with E-state index in [2.05, 4.69) is 205 Å². The molecule has 51 heavy (non-hydrogen) atoms. The Morgan fingerprint density at radius 3 is 1.59 bits per heavy atom. The van der Waals surface area contributed by atoms with E-state index in [1.165, 1.54) is 76.1 Å². The summed E-state index contributed by atoms with van der Waals surface area (Å²) in [5.41, 5.74) is 8.19. The fourth-order valence-electron chi connectivity index (χ4n) is 8.00. The van der Waals surface area contributed by atoms with E-state index >= 15 is 0 Å². The van der Waals surface area contributed by atoms with Gasteiger partial charge in [0.1, 0.15) is 0 Å². The first-order valence-corrected chi connectivity index (χ1v) is 17.6. The second kappa shape index (κ2) is 12.0. The van der Waals surface area contributed by atoms with Crippen LogP contribution in [0.15, 0.2) is 200 Å². The van der Waals surface area contributed by atoms with Gasteiger partial charge in [-0.25, -0.2) is 0 Å². The molecule has 0 saturated heterocycles. The van der Waals surface area contributed by atoms with Gasteiger partial charge in [0.05, 0.1) is 5.69 Å². The summed E-state index contributed by atoms with van der Waals surface area (Å²) in [6.07, 6.45) is 0. The quantitative estimate of drug-likeness (QED) is 0.168.